The van der Waals surface area contributed by atoms with E-state index < -0.39 is 0 Å². The van der Waals surface area contributed by atoms with Crippen LogP contribution in [-0.4, -0.2) is 16.4 Å². The number of H-pyrrole nitrogens is 1. The van der Waals surface area contributed by atoms with Crippen LogP contribution in [0.25, 0.3) is 11.0 Å². The molecular weight excluding hydrogens is 154 g/mol. The first-order valence-electron chi connectivity index (χ1n) is 3.54. The summed E-state index contributed by atoms with van der Waals surface area (Å²) < 4.78 is 0. The fourth-order valence-corrected chi connectivity index (χ4v) is 1.14. The SMILES string of the molecule is O=CNc1c[nH]c2ncccc12. The van der Waals surface area contributed by atoms with Crippen molar-refractivity contribution in [2.75, 3.05) is 5.32 Å². The number of fused-ring (bicyclic) bond motifs is 1. The molecular formula is C8H7N3O. The van der Waals surface area contributed by atoms with Gasteiger partial charge in [0.1, 0.15) is 5.65 Å². The van der Waals surface area contributed by atoms with E-state index in [1.54, 1.807) is 12.4 Å². The molecule has 4 heteroatoms. The zero-order valence-electron chi connectivity index (χ0n) is 6.24. The predicted octanol–water partition coefficient (Wildman–Crippen LogP) is 1.13. The highest BCUT2D eigenvalue weighted by molar-refractivity contribution is 5.94. The van der Waals surface area contributed by atoms with E-state index in [1.165, 1.54) is 0 Å². The van der Waals surface area contributed by atoms with Gasteiger partial charge >= 0.3 is 0 Å². The third kappa shape index (κ3) is 0.934. The van der Waals surface area contributed by atoms with E-state index in [1.807, 2.05) is 12.1 Å². The number of carbonyl (C=O) groups is 1. The minimum Gasteiger partial charge on any atom is -0.344 e. The van der Waals surface area contributed by atoms with E-state index in [-0.39, 0.29) is 0 Å². The lowest BCUT2D eigenvalue weighted by Crippen LogP contribution is -1.91. The van der Waals surface area contributed by atoms with E-state index in [4.69, 9.17) is 0 Å². The second-order valence-electron chi connectivity index (χ2n) is 2.36. The summed E-state index contributed by atoms with van der Waals surface area (Å²) >= 11 is 0. The molecule has 0 fully saturated rings. The van der Waals surface area contributed by atoms with Crippen LogP contribution >= 0.6 is 0 Å². The maximum Gasteiger partial charge on any atom is 0.211 e. The molecule has 0 aromatic carbocycles. The molecule has 4 nitrogen and oxygen atoms in total. The Morgan fingerprint density at radius 3 is 3.33 bits per heavy atom. The van der Waals surface area contributed by atoms with Crippen molar-refractivity contribution in [2.45, 2.75) is 0 Å². The molecule has 2 aromatic heterocycles. The summed E-state index contributed by atoms with van der Waals surface area (Å²) in [6.45, 7) is 0. The van der Waals surface area contributed by atoms with Crippen LogP contribution in [-0.2, 0) is 4.79 Å². The van der Waals surface area contributed by atoms with Gasteiger partial charge in [-0.1, -0.05) is 0 Å². The molecule has 0 saturated carbocycles. The van der Waals surface area contributed by atoms with Crippen LogP contribution < -0.4 is 5.32 Å². The van der Waals surface area contributed by atoms with E-state index in [9.17, 15) is 4.79 Å². The standard InChI is InChI=1S/C8H7N3O/c12-5-11-7-4-10-8-6(7)2-1-3-9-8/h1-5H,(H,9,10)(H,11,12). The van der Waals surface area contributed by atoms with E-state index in [0.29, 0.717) is 6.41 Å². The summed E-state index contributed by atoms with van der Waals surface area (Å²) in [6.07, 6.45) is 4.06. The molecule has 0 saturated heterocycles. The van der Waals surface area contributed by atoms with Gasteiger partial charge in [0.15, 0.2) is 0 Å². The average molecular weight is 161 g/mol. The van der Waals surface area contributed by atoms with Gasteiger partial charge in [-0.15, -0.1) is 0 Å². The van der Waals surface area contributed by atoms with Crippen LogP contribution in [0.15, 0.2) is 24.5 Å². The summed E-state index contributed by atoms with van der Waals surface area (Å²) in [5, 5.41) is 3.50. The van der Waals surface area contributed by atoms with Crippen molar-refractivity contribution < 1.29 is 4.79 Å². The van der Waals surface area contributed by atoms with Crippen LogP contribution in [0.3, 0.4) is 0 Å². The van der Waals surface area contributed by atoms with Crippen molar-refractivity contribution in [3.05, 3.63) is 24.5 Å². The molecule has 0 aliphatic carbocycles. The first-order valence-corrected chi connectivity index (χ1v) is 3.54. The van der Waals surface area contributed by atoms with Gasteiger partial charge in [-0.3, -0.25) is 4.79 Å². The lowest BCUT2D eigenvalue weighted by Gasteiger charge is -1.92. The van der Waals surface area contributed by atoms with Gasteiger partial charge in [0.2, 0.25) is 6.41 Å². The Kier molecular flexibility index (Phi) is 1.51. The smallest absolute Gasteiger partial charge is 0.211 e. The molecule has 0 atom stereocenters. The number of hydrogen-bond donors (Lipinski definition) is 2. The van der Waals surface area contributed by atoms with E-state index in [0.717, 1.165) is 16.7 Å². The number of nitrogens with zero attached hydrogens (tertiary/aromatic N) is 1. The number of carbonyl (C=O) groups excluding carboxylic acids is 1. The summed E-state index contributed by atoms with van der Waals surface area (Å²) in [5.41, 5.74) is 1.54. The molecule has 0 bridgehead atoms. The zero-order chi connectivity index (χ0) is 8.39. The van der Waals surface area contributed by atoms with Crippen molar-refractivity contribution >= 4 is 23.1 Å². The second kappa shape index (κ2) is 2.65. The minimum absolute atomic E-state index is 0.648. The highest BCUT2D eigenvalue weighted by Crippen LogP contribution is 2.19. The van der Waals surface area contributed by atoms with Gasteiger partial charge in [0.25, 0.3) is 0 Å². The molecule has 60 valence electrons. The molecule has 0 radical (unpaired) electrons. The number of amides is 1. The summed E-state index contributed by atoms with van der Waals surface area (Å²) in [7, 11) is 0. The Morgan fingerprint density at radius 1 is 1.58 bits per heavy atom. The monoisotopic (exact) mass is 161 g/mol. The lowest BCUT2D eigenvalue weighted by atomic mass is 10.3. The van der Waals surface area contributed by atoms with Gasteiger partial charge in [0.05, 0.1) is 5.69 Å². The van der Waals surface area contributed by atoms with Crippen molar-refractivity contribution in [2.24, 2.45) is 0 Å². The summed E-state index contributed by atoms with van der Waals surface area (Å²) in [6, 6.07) is 3.72. The van der Waals surface area contributed by atoms with Crippen LogP contribution in [0.1, 0.15) is 0 Å². The van der Waals surface area contributed by atoms with Crippen LogP contribution in [0.2, 0.25) is 0 Å². The molecule has 2 heterocycles. The normalized spacial score (nSPS) is 10.0. The lowest BCUT2D eigenvalue weighted by molar-refractivity contribution is -0.105. The molecule has 1 amide bonds. The number of pyridine rings is 1. The quantitative estimate of drug-likeness (QED) is 0.648. The Balaban J connectivity index is 2.62. The van der Waals surface area contributed by atoms with Crippen LogP contribution in [0.5, 0.6) is 0 Å². The zero-order valence-corrected chi connectivity index (χ0v) is 6.24. The highest BCUT2D eigenvalue weighted by Gasteiger charge is 2.00. The molecule has 2 N–H and O–H groups in total. The van der Waals surface area contributed by atoms with Crippen molar-refractivity contribution in [3.8, 4) is 0 Å². The van der Waals surface area contributed by atoms with Gasteiger partial charge < -0.3 is 10.3 Å². The fraction of sp³-hybridized carbons (Fsp3) is 0. The Bertz CT molecular complexity index is 407. The number of nitrogens with one attached hydrogen (secondary N) is 2. The molecule has 2 rings (SSSR count). The fourth-order valence-electron chi connectivity index (χ4n) is 1.14. The van der Waals surface area contributed by atoms with Crippen LogP contribution in [0, 0.1) is 0 Å². The van der Waals surface area contributed by atoms with E-state index in [2.05, 4.69) is 15.3 Å². The third-order valence-corrected chi connectivity index (χ3v) is 1.67. The van der Waals surface area contributed by atoms with Gasteiger partial charge in [-0.25, -0.2) is 4.98 Å². The molecule has 0 aliphatic rings. The molecule has 0 spiro atoms. The Morgan fingerprint density at radius 2 is 2.50 bits per heavy atom. The number of aromatic nitrogens is 2. The Labute approximate surface area is 68.6 Å². The van der Waals surface area contributed by atoms with Gasteiger partial charge in [-0.2, -0.15) is 0 Å². The molecule has 12 heavy (non-hydrogen) atoms. The maximum atomic E-state index is 10.2. The van der Waals surface area contributed by atoms with Crippen molar-refractivity contribution in [3.63, 3.8) is 0 Å². The third-order valence-electron chi connectivity index (χ3n) is 1.67. The summed E-state index contributed by atoms with van der Waals surface area (Å²) in [5.74, 6) is 0. The predicted molar refractivity (Wildman–Crippen MR) is 45.8 cm³/mol. The van der Waals surface area contributed by atoms with Gasteiger partial charge in [0, 0.05) is 17.8 Å². The van der Waals surface area contributed by atoms with Gasteiger partial charge in [-0.05, 0) is 12.1 Å². The number of anilines is 1. The number of hydrogen-bond acceptors (Lipinski definition) is 2. The van der Waals surface area contributed by atoms with Crippen molar-refractivity contribution in [1.82, 2.24) is 9.97 Å². The second-order valence-corrected chi connectivity index (χ2v) is 2.36. The number of rotatable bonds is 2. The van der Waals surface area contributed by atoms with Crippen molar-refractivity contribution in [1.29, 1.82) is 0 Å². The maximum absolute atomic E-state index is 10.2. The average Bonchev–Trinajstić information content (AvgIpc) is 2.50. The topological polar surface area (TPSA) is 57.8 Å². The first-order chi connectivity index (χ1) is 5.92. The van der Waals surface area contributed by atoms with Crippen LogP contribution in [0.4, 0.5) is 5.69 Å². The molecule has 0 aliphatic heterocycles. The largest absolute Gasteiger partial charge is 0.344 e. The number of aromatic amines is 1. The minimum atomic E-state index is 0.648. The molecule has 2 aromatic rings. The first kappa shape index (κ1) is 6.84. The van der Waals surface area contributed by atoms with E-state index >= 15 is 0 Å². The Hall–Kier alpha value is -1.84. The summed E-state index contributed by atoms with van der Waals surface area (Å²) in [4.78, 5) is 17.2. The highest BCUT2D eigenvalue weighted by atomic mass is 16.1. The molecule has 0 unspecified atom stereocenters.